The molecule has 0 spiro atoms. The molecule has 1 heterocycles. The Morgan fingerprint density at radius 2 is 2.12 bits per heavy atom. The van der Waals surface area contributed by atoms with E-state index in [0.29, 0.717) is 23.6 Å². The maximum absolute atomic E-state index is 12.7. The van der Waals surface area contributed by atoms with Crippen molar-refractivity contribution in [3.63, 3.8) is 0 Å². The molecular weight excluding hydrogens is 328 g/mol. The van der Waals surface area contributed by atoms with E-state index in [2.05, 4.69) is 5.32 Å². The molecule has 1 N–H and O–H groups in total. The summed E-state index contributed by atoms with van der Waals surface area (Å²) < 4.78 is 11.6. The lowest BCUT2D eigenvalue weighted by Crippen LogP contribution is -2.18. The van der Waals surface area contributed by atoms with Crippen LogP contribution < -0.4 is 15.0 Å². The molecule has 1 aliphatic rings. The Bertz CT molecular complexity index is 768. The van der Waals surface area contributed by atoms with Gasteiger partial charge in [0.1, 0.15) is 12.4 Å². The van der Waals surface area contributed by atoms with Crippen molar-refractivity contribution in [2.24, 2.45) is 0 Å². The summed E-state index contributed by atoms with van der Waals surface area (Å²) in [6.07, 6.45) is 2.23. The molecule has 0 saturated carbocycles. The Hall–Kier alpha value is -2.53. The third-order valence-electron chi connectivity index (χ3n) is 4.46. The van der Waals surface area contributed by atoms with Gasteiger partial charge >= 0.3 is 0 Å². The van der Waals surface area contributed by atoms with Gasteiger partial charge in [0.2, 0.25) is 0 Å². The van der Waals surface area contributed by atoms with Gasteiger partial charge in [-0.2, -0.15) is 0 Å². The first-order chi connectivity index (χ1) is 12.5. The van der Waals surface area contributed by atoms with E-state index in [-0.39, 0.29) is 12.0 Å². The first-order valence-corrected chi connectivity index (χ1v) is 8.97. The highest BCUT2D eigenvalue weighted by Crippen LogP contribution is 2.27. The fourth-order valence-electron chi connectivity index (χ4n) is 2.93. The van der Waals surface area contributed by atoms with Crippen molar-refractivity contribution in [2.75, 3.05) is 37.5 Å². The van der Waals surface area contributed by atoms with Crippen LogP contribution in [0.4, 0.5) is 11.4 Å². The summed E-state index contributed by atoms with van der Waals surface area (Å²) in [6, 6.07) is 13.3. The van der Waals surface area contributed by atoms with Crippen molar-refractivity contribution < 1.29 is 14.3 Å². The fourth-order valence-corrected chi connectivity index (χ4v) is 2.93. The number of carbonyl (C=O) groups excluding carboxylic acids is 1. The predicted molar refractivity (Wildman–Crippen MR) is 104 cm³/mol. The van der Waals surface area contributed by atoms with Crippen molar-refractivity contribution >= 4 is 17.3 Å². The summed E-state index contributed by atoms with van der Waals surface area (Å²) in [5, 5.41) is 2.97. The maximum atomic E-state index is 12.7. The number of rotatable bonds is 6. The van der Waals surface area contributed by atoms with Crippen LogP contribution in [0.1, 0.15) is 28.8 Å². The monoisotopic (exact) mass is 354 g/mol. The number of carbonyl (C=O) groups is 1. The number of hydrogen-bond donors (Lipinski definition) is 1. The summed E-state index contributed by atoms with van der Waals surface area (Å²) in [4.78, 5) is 14.6. The number of aryl methyl sites for hydroxylation is 1. The summed E-state index contributed by atoms with van der Waals surface area (Å²) in [5.41, 5.74) is 3.35. The first-order valence-electron chi connectivity index (χ1n) is 8.97. The van der Waals surface area contributed by atoms with E-state index in [1.54, 1.807) is 0 Å². The molecule has 1 atom stereocenters. The Morgan fingerprint density at radius 3 is 2.85 bits per heavy atom. The summed E-state index contributed by atoms with van der Waals surface area (Å²) >= 11 is 0. The Morgan fingerprint density at radius 1 is 1.27 bits per heavy atom. The summed E-state index contributed by atoms with van der Waals surface area (Å²) in [5.74, 6) is 0.525. The molecule has 26 heavy (non-hydrogen) atoms. The van der Waals surface area contributed by atoms with Crippen LogP contribution >= 0.6 is 0 Å². The molecule has 1 unspecified atom stereocenters. The Balaban J connectivity index is 1.73. The molecule has 0 aromatic heterocycles. The lowest BCUT2D eigenvalue weighted by Gasteiger charge is -2.17. The normalized spacial score (nSPS) is 16.3. The second-order valence-corrected chi connectivity index (χ2v) is 6.84. The quantitative estimate of drug-likeness (QED) is 0.855. The van der Waals surface area contributed by atoms with E-state index in [9.17, 15) is 4.79 Å². The van der Waals surface area contributed by atoms with E-state index in [1.165, 1.54) is 0 Å². The van der Waals surface area contributed by atoms with Gasteiger partial charge in [-0.15, -0.1) is 0 Å². The lowest BCUT2D eigenvalue weighted by atomic mass is 10.1. The van der Waals surface area contributed by atoms with Gasteiger partial charge in [-0.3, -0.25) is 4.79 Å². The molecule has 138 valence electrons. The van der Waals surface area contributed by atoms with Gasteiger partial charge < -0.3 is 19.7 Å². The van der Waals surface area contributed by atoms with E-state index in [4.69, 9.17) is 9.47 Å². The van der Waals surface area contributed by atoms with Crippen LogP contribution in [-0.4, -0.2) is 39.3 Å². The topological polar surface area (TPSA) is 50.8 Å². The van der Waals surface area contributed by atoms with Crippen LogP contribution in [0.3, 0.4) is 0 Å². The van der Waals surface area contributed by atoms with E-state index in [1.807, 2.05) is 68.4 Å². The minimum absolute atomic E-state index is 0.135. The molecule has 1 saturated heterocycles. The zero-order chi connectivity index (χ0) is 18.5. The highest BCUT2D eigenvalue weighted by atomic mass is 16.5. The zero-order valence-corrected chi connectivity index (χ0v) is 15.6. The molecule has 1 aliphatic heterocycles. The smallest absolute Gasteiger partial charge is 0.255 e. The van der Waals surface area contributed by atoms with E-state index >= 15 is 0 Å². The molecule has 5 heteroatoms. The van der Waals surface area contributed by atoms with Gasteiger partial charge in [0, 0.05) is 32.0 Å². The molecule has 1 amide bonds. The van der Waals surface area contributed by atoms with E-state index < -0.39 is 0 Å². The third-order valence-corrected chi connectivity index (χ3v) is 4.46. The first kappa shape index (κ1) is 18.3. The minimum atomic E-state index is -0.153. The Labute approximate surface area is 154 Å². The molecule has 0 bridgehead atoms. The van der Waals surface area contributed by atoms with Crippen LogP contribution in [0.15, 0.2) is 42.5 Å². The molecule has 0 radical (unpaired) electrons. The number of anilines is 2. The van der Waals surface area contributed by atoms with Gasteiger partial charge in [-0.1, -0.05) is 12.1 Å². The maximum Gasteiger partial charge on any atom is 0.255 e. The van der Waals surface area contributed by atoms with Gasteiger partial charge in [-0.25, -0.2) is 0 Å². The van der Waals surface area contributed by atoms with E-state index in [0.717, 1.165) is 30.7 Å². The summed E-state index contributed by atoms with van der Waals surface area (Å²) in [6.45, 7) is 3.31. The SMILES string of the molecule is Cc1ccc(NC(=O)c2cccc(N(C)C)c2)c(OCC2CCCO2)c1. The largest absolute Gasteiger partial charge is 0.489 e. The zero-order valence-electron chi connectivity index (χ0n) is 15.6. The van der Waals surface area contributed by atoms with Crippen molar-refractivity contribution in [3.05, 3.63) is 53.6 Å². The van der Waals surface area contributed by atoms with Crippen LogP contribution in [0.2, 0.25) is 0 Å². The van der Waals surface area contributed by atoms with Crippen molar-refractivity contribution in [1.29, 1.82) is 0 Å². The van der Waals surface area contributed by atoms with Gasteiger partial charge in [0.05, 0.1) is 11.8 Å². The van der Waals surface area contributed by atoms with Crippen LogP contribution in [0, 0.1) is 6.92 Å². The fraction of sp³-hybridized carbons (Fsp3) is 0.381. The van der Waals surface area contributed by atoms with Crippen LogP contribution in [0.25, 0.3) is 0 Å². The van der Waals surface area contributed by atoms with Gasteiger partial charge in [0.15, 0.2) is 0 Å². The molecular formula is C21H26N2O3. The van der Waals surface area contributed by atoms with Crippen LogP contribution in [0.5, 0.6) is 5.75 Å². The predicted octanol–water partition coefficient (Wildman–Crippen LogP) is 3.87. The second kappa shape index (κ2) is 8.23. The average Bonchev–Trinajstić information content (AvgIpc) is 3.15. The number of nitrogens with zero attached hydrogens (tertiary/aromatic N) is 1. The molecule has 2 aromatic carbocycles. The lowest BCUT2D eigenvalue weighted by molar-refractivity contribution is 0.0681. The highest BCUT2D eigenvalue weighted by Gasteiger charge is 2.17. The highest BCUT2D eigenvalue weighted by molar-refractivity contribution is 6.05. The summed E-state index contributed by atoms with van der Waals surface area (Å²) in [7, 11) is 3.90. The molecule has 0 aliphatic carbocycles. The molecule has 2 aromatic rings. The standard InChI is InChI=1S/C21H26N2O3/c1-15-9-10-19(20(12-15)26-14-18-8-5-11-25-18)22-21(24)16-6-4-7-17(13-16)23(2)3/h4,6-7,9-10,12-13,18H,5,8,11,14H2,1-3H3,(H,22,24). The molecule has 3 rings (SSSR count). The van der Waals surface area contributed by atoms with Crippen molar-refractivity contribution in [1.82, 2.24) is 0 Å². The van der Waals surface area contributed by atoms with Gasteiger partial charge in [0.25, 0.3) is 5.91 Å². The number of amides is 1. The molecule has 1 fully saturated rings. The minimum Gasteiger partial charge on any atom is -0.489 e. The van der Waals surface area contributed by atoms with Crippen LogP contribution in [-0.2, 0) is 4.74 Å². The molecule has 5 nitrogen and oxygen atoms in total. The Kier molecular flexibility index (Phi) is 5.78. The number of benzene rings is 2. The van der Waals surface area contributed by atoms with Gasteiger partial charge in [-0.05, 0) is 55.7 Å². The number of ether oxygens (including phenoxy) is 2. The van der Waals surface area contributed by atoms with Crippen molar-refractivity contribution in [2.45, 2.75) is 25.9 Å². The second-order valence-electron chi connectivity index (χ2n) is 6.84. The van der Waals surface area contributed by atoms with Crippen molar-refractivity contribution in [3.8, 4) is 5.75 Å². The number of nitrogens with one attached hydrogen (secondary N) is 1. The third kappa shape index (κ3) is 4.55. The average molecular weight is 354 g/mol. The number of hydrogen-bond acceptors (Lipinski definition) is 4.